The molecule has 0 aromatic heterocycles. The summed E-state index contributed by atoms with van der Waals surface area (Å²) in [4.78, 5) is 10.1. The van der Waals surface area contributed by atoms with Crippen LogP contribution in [0.4, 0.5) is 0 Å². The summed E-state index contributed by atoms with van der Waals surface area (Å²) in [6.07, 6.45) is 0.234. The molecule has 14 heavy (non-hydrogen) atoms. The fourth-order valence-electron chi connectivity index (χ4n) is 1.11. The monoisotopic (exact) mass is 259 g/mol. The van der Waals surface area contributed by atoms with Crippen LogP contribution in [0.2, 0.25) is 0 Å². The van der Waals surface area contributed by atoms with Gasteiger partial charge in [0.15, 0.2) is 0 Å². The normalized spacial score (nSPS) is 12.4. The highest BCUT2D eigenvalue weighted by Crippen LogP contribution is 2.23. The Morgan fingerprint density at radius 1 is 1.64 bits per heavy atom. The lowest BCUT2D eigenvalue weighted by atomic mass is 10.1. The second kappa shape index (κ2) is 4.41. The highest BCUT2D eigenvalue weighted by Gasteiger charge is 2.15. The van der Waals surface area contributed by atoms with Gasteiger partial charge in [0.1, 0.15) is 5.75 Å². The first-order chi connectivity index (χ1) is 6.50. The molecule has 1 rings (SSSR count). The van der Waals surface area contributed by atoms with Crippen molar-refractivity contribution in [3.8, 4) is 5.75 Å². The zero-order valence-electron chi connectivity index (χ0n) is 7.61. The Kier molecular flexibility index (Phi) is 3.46. The van der Waals surface area contributed by atoms with E-state index < -0.39 is 6.04 Å². The molecule has 0 fully saturated rings. The van der Waals surface area contributed by atoms with Crippen LogP contribution in [0.15, 0.2) is 22.7 Å². The molecule has 1 aromatic rings. The van der Waals surface area contributed by atoms with Gasteiger partial charge in [-0.2, -0.15) is 0 Å². The highest BCUT2D eigenvalue weighted by atomic mass is 79.9. The molecule has 0 aliphatic heterocycles. The van der Waals surface area contributed by atoms with Gasteiger partial charge in [-0.1, -0.05) is 15.9 Å². The van der Waals surface area contributed by atoms with Gasteiger partial charge in [-0.15, -0.1) is 0 Å². The summed E-state index contributed by atoms with van der Waals surface area (Å²) >= 11 is 3.24. The maximum absolute atomic E-state index is 10.4. The summed E-state index contributed by atoms with van der Waals surface area (Å²) < 4.78 is 0.806. The second-order valence-corrected chi connectivity index (χ2v) is 4.03. The molecule has 5 heteroatoms. The predicted octanol–water partition coefficient (Wildman–Crippen LogP) is 2.36. The van der Waals surface area contributed by atoms with Crippen molar-refractivity contribution in [2.75, 3.05) is 0 Å². The molecule has 0 heterocycles. The van der Waals surface area contributed by atoms with Crippen molar-refractivity contribution in [3.63, 3.8) is 0 Å². The van der Waals surface area contributed by atoms with E-state index >= 15 is 0 Å². The predicted molar refractivity (Wildman–Crippen MR) is 56.0 cm³/mol. The Morgan fingerprint density at radius 3 is 2.86 bits per heavy atom. The number of nitro groups is 1. The Labute approximate surface area is 89.8 Å². The van der Waals surface area contributed by atoms with Gasteiger partial charge in [0, 0.05) is 28.3 Å². The molecule has 0 radical (unpaired) electrons. The fraction of sp³-hybridized carbons (Fsp3) is 0.333. The lowest BCUT2D eigenvalue weighted by Gasteiger charge is -2.06. The van der Waals surface area contributed by atoms with E-state index in [1.54, 1.807) is 12.1 Å². The van der Waals surface area contributed by atoms with Gasteiger partial charge in [-0.3, -0.25) is 10.1 Å². The average molecular weight is 260 g/mol. The van der Waals surface area contributed by atoms with Gasteiger partial charge in [0.05, 0.1) is 0 Å². The van der Waals surface area contributed by atoms with Crippen LogP contribution in [-0.4, -0.2) is 16.1 Å². The first-order valence-electron chi connectivity index (χ1n) is 4.11. The van der Waals surface area contributed by atoms with Crippen LogP contribution in [0.5, 0.6) is 5.75 Å². The van der Waals surface area contributed by atoms with E-state index in [-0.39, 0.29) is 17.1 Å². The van der Waals surface area contributed by atoms with Crippen molar-refractivity contribution < 1.29 is 10.0 Å². The third-order valence-corrected chi connectivity index (χ3v) is 2.41. The standard InChI is InChI=1S/C9H10BrNO3/c1-6(11(13)14)4-7-5-8(10)2-3-9(7)12/h2-3,5-6,12H,4H2,1H3. The number of phenolic OH excluding ortho intramolecular Hbond substituents is 1. The van der Waals surface area contributed by atoms with Gasteiger partial charge in [0.2, 0.25) is 6.04 Å². The van der Waals surface area contributed by atoms with E-state index in [0.29, 0.717) is 5.56 Å². The summed E-state index contributed by atoms with van der Waals surface area (Å²) in [6.45, 7) is 1.51. The smallest absolute Gasteiger partial charge is 0.214 e. The molecule has 76 valence electrons. The average Bonchev–Trinajstić information content (AvgIpc) is 2.11. The molecule has 1 aromatic carbocycles. The van der Waals surface area contributed by atoms with Gasteiger partial charge in [-0.05, 0) is 18.2 Å². The first-order valence-corrected chi connectivity index (χ1v) is 4.91. The van der Waals surface area contributed by atoms with E-state index in [1.165, 1.54) is 13.0 Å². The van der Waals surface area contributed by atoms with Crippen molar-refractivity contribution in [2.24, 2.45) is 0 Å². The van der Waals surface area contributed by atoms with Crippen LogP contribution in [0, 0.1) is 10.1 Å². The largest absolute Gasteiger partial charge is 0.508 e. The molecule has 1 unspecified atom stereocenters. The van der Waals surface area contributed by atoms with E-state index in [0.717, 1.165) is 4.47 Å². The lowest BCUT2D eigenvalue weighted by Crippen LogP contribution is -2.17. The van der Waals surface area contributed by atoms with Crippen LogP contribution < -0.4 is 0 Å². The molecule has 0 saturated heterocycles. The van der Waals surface area contributed by atoms with Crippen LogP contribution >= 0.6 is 15.9 Å². The number of nitrogens with zero attached hydrogens (tertiary/aromatic N) is 1. The lowest BCUT2D eigenvalue weighted by molar-refractivity contribution is -0.517. The number of halogens is 1. The summed E-state index contributed by atoms with van der Waals surface area (Å²) in [5.74, 6) is 0.0990. The molecule has 0 saturated carbocycles. The Morgan fingerprint density at radius 2 is 2.29 bits per heavy atom. The SMILES string of the molecule is CC(Cc1cc(Br)ccc1O)[N+](=O)[O-]. The minimum Gasteiger partial charge on any atom is -0.508 e. The number of hydrogen-bond acceptors (Lipinski definition) is 3. The molecule has 0 bridgehead atoms. The van der Waals surface area contributed by atoms with Gasteiger partial charge < -0.3 is 5.11 Å². The number of phenols is 1. The number of benzene rings is 1. The van der Waals surface area contributed by atoms with Gasteiger partial charge in [0.25, 0.3) is 0 Å². The zero-order valence-corrected chi connectivity index (χ0v) is 9.19. The molecular formula is C9H10BrNO3. The van der Waals surface area contributed by atoms with E-state index in [1.807, 2.05) is 0 Å². The Bertz CT molecular complexity index is 354. The van der Waals surface area contributed by atoms with Crippen LogP contribution in [0.25, 0.3) is 0 Å². The van der Waals surface area contributed by atoms with E-state index in [9.17, 15) is 15.2 Å². The summed E-state index contributed by atoms with van der Waals surface area (Å²) in [5.41, 5.74) is 0.587. The van der Waals surface area contributed by atoms with Crippen LogP contribution in [0.1, 0.15) is 12.5 Å². The van der Waals surface area contributed by atoms with Crippen molar-refractivity contribution in [2.45, 2.75) is 19.4 Å². The topological polar surface area (TPSA) is 63.4 Å². The first kappa shape index (κ1) is 11.0. The summed E-state index contributed by atoms with van der Waals surface area (Å²) in [6, 6.07) is 4.21. The molecule has 0 aliphatic carbocycles. The van der Waals surface area contributed by atoms with Gasteiger partial charge >= 0.3 is 0 Å². The van der Waals surface area contributed by atoms with Crippen LogP contribution in [0.3, 0.4) is 0 Å². The molecule has 0 amide bonds. The van der Waals surface area contributed by atoms with Crippen LogP contribution in [-0.2, 0) is 6.42 Å². The summed E-state index contributed by atoms with van der Waals surface area (Å²) in [7, 11) is 0. The van der Waals surface area contributed by atoms with E-state index in [2.05, 4.69) is 15.9 Å². The van der Waals surface area contributed by atoms with Crippen molar-refractivity contribution >= 4 is 15.9 Å². The highest BCUT2D eigenvalue weighted by molar-refractivity contribution is 9.10. The Balaban J connectivity index is 2.85. The Hall–Kier alpha value is -1.10. The third-order valence-electron chi connectivity index (χ3n) is 1.92. The quantitative estimate of drug-likeness (QED) is 0.670. The number of aromatic hydroxyl groups is 1. The van der Waals surface area contributed by atoms with Crippen molar-refractivity contribution in [1.82, 2.24) is 0 Å². The second-order valence-electron chi connectivity index (χ2n) is 3.11. The summed E-state index contributed by atoms with van der Waals surface area (Å²) in [5, 5.41) is 19.8. The maximum atomic E-state index is 10.4. The number of hydrogen-bond donors (Lipinski definition) is 1. The molecule has 1 N–H and O–H groups in total. The fourth-order valence-corrected chi connectivity index (χ4v) is 1.52. The maximum Gasteiger partial charge on any atom is 0.214 e. The molecule has 0 aliphatic rings. The minimum atomic E-state index is -0.685. The molecule has 0 spiro atoms. The number of rotatable bonds is 3. The molecule has 4 nitrogen and oxygen atoms in total. The minimum absolute atomic E-state index is 0.0990. The van der Waals surface area contributed by atoms with Crippen molar-refractivity contribution in [1.29, 1.82) is 0 Å². The third kappa shape index (κ3) is 2.70. The molecule has 1 atom stereocenters. The van der Waals surface area contributed by atoms with Crippen molar-refractivity contribution in [3.05, 3.63) is 38.3 Å². The molecular weight excluding hydrogens is 250 g/mol. The van der Waals surface area contributed by atoms with E-state index in [4.69, 9.17) is 0 Å². The zero-order chi connectivity index (χ0) is 10.7. The van der Waals surface area contributed by atoms with Gasteiger partial charge in [-0.25, -0.2) is 0 Å².